The second-order valence-electron chi connectivity index (χ2n) is 5.85. The molecule has 8 heteroatoms. The molecule has 26 heavy (non-hydrogen) atoms. The van der Waals surface area contributed by atoms with Gasteiger partial charge < -0.3 is 10.7 Å². The van der Waals surface area contributed by atoms with E-state index in [0.717, 1.165) is 16.4 Å². The monoisotopic (exact) mass is 348 g/mol. The molecular formula is C18H14N5O3+. The minimum absolute atomic E-state index is 0.0332. The van der Waals surface area contributed by atoms with E-state index in [4.69, 9.17) is 11.5 Å². The maximum atomic E-state index is 11.8. The van der Waals surface area contributed by atoms with Crippen LogP contribution in [-0.2, 0) is 0 Å². The van der Waals surface area contributed by atoms with Crippen molar-refractivity contribution in [3.8, 4) is 5.69 Å². The highest BCUT2D eigenvalue weighted by Crippen LogP contribution is 2.27. The zero-order valence-electron chi connectivity index (χ0n) is 13.5. The zero-order chi connectivity index (χ0) is 18.4. The minimum atomic E-state index is -0.654. The van der Waals surface area contributed by atoms with E-state index in [2.05, 4.69) is 4.98 Å². The number of anilines is 1. The first kappa shape index (κ1) is 15.6. The van der Waals surface area contributed by atoms with Gasteiger partial charge in [0.25, 0.3) is 17.4 Å². The number of para-hydroxylation sites is 1. The van der Waals surface area contributed by atoms with Crippen molar-refractivity contribution >= 4 is 39.3 Å². The maximum Gasteiger partial charge on any atom is 0.291 e. The van der Waals surface area contributed by atoms with Crippen LogP contribution in [0.15, 0.2) is 54.6 Å². The fourth-order valence-electron chi connectivity index (χ4n) is 3.14. The molecule has 0 fully saturated rings. The van der Waals surface area contributed by atoms with Gasteiger partial charge in [0.2, 0.25) is 0 Å². The molecule has 0 aliphatic rings. The number of aromatic nitrogens is 2. The Morgan fingerprint density at radius 1 is 1.08 bits per heavy atom. The van der Waals surface area contributed by atoms with Crippen molar-refractivity contribution < 1.29 is 14.3 Å². The van der Waals surface area contributed by atoms with Crippen molar-refractivity contribution in [3.05, 3.63) is 70.3 Å². The van der Waals surface area contributed by atoms with Crippen LogP contribution in [0.25, 0.3) is 27.6 Å². The molecule has 0 saturated carbocycles. The lowest BCUT2D eigenvalue weighted by Gasteiger charge is -2.08. The molecule has 0 aliphatic heterocycles. The molecule has 0 spiro atoms. The van der Waals surface area contributed by atoms with Gasteiger partial charge in [-0.15, -0.1) is 0 Å². The summed E-state index contributed by atoms with van der Waals surface area (Å²) in [6, 6.07) is 15.2. The van der Waals surface area contributed by atoms with Crippen molar-refractivity contribution in [2.24, 2.45) is 5.73 Å². The number of fused-ring (bicyclic) bond motifs is 3. The third-order valence-electron chi connectivity index (χ3n) is 4.32. The summed E-state index contributed by atoms with van der Waals surface area (Å²) < 4.78 is 1.68. The lowest BCUT2D eigenvalue weighted by Crippen LogP contribution is -2.37. The first-order chi connectivity index (χ1) is 12.5. The van der Waals surface area contributed by atoms with Crippen LogP contribution >= 0.6 is 0 Å². The number of carbonyl (C=O) groups is 1. The topological polar surface area (TPSA) is 132 Å². The van der Waals surface area contributed by atoms with Gasteiger partial charge in [-0.25, -0.2) is 0 Å². The van der Waals surface area contributed by atoms with Crippen LogP contribution in [0.2, 0.25) is 0 Å². The maximum absolute atomic E-state index is 11.8. The Morgan fingerprint density at radius 2 is 1.77 bits per heavy atom. The standard InChI is InChI=1S/C18H13N5O3/c19-17-13(18(20)24)9-15-16(12-3-1-2-4-14(12)21-15)22(17)10-5-7-11(8-6-10)23(25)26/h1-9H,(H4,19,20,21,24)/p+1. The summed E-state index contributed by atoms with van der Waals surface area (Å²) in [5.74, 6) is -0.484. The van der Waals surface area contributed by atoms with Crippen molar-refractivity contribution in [2.75, 3.05) is 5.73 Å². The number of amides is 1. The van der Waals surface area contributed by atoms with Gasteiger partial charge in [0, 0.05) is 17.5 Å². The molecule has 0 radical (unpaired) electrons. The number of primary amides is 1. The molecule has 0 saturated heterocycles. The number of nitrogens with zero attached hydrogens (tertiary/aromatic N) is 2. The molecular weight excluding hydrogens is 334 g/mol. The van der Waals surface area contributed by atoms with E-state index in [9.17, 15) is 14.9 Å². The molecule has 128 valence electrons. The summed E-state index contributed by atoms with van der Waals surface area (Å²) in [5, 5.41) is 11.8. The second-order valence-corrected chi connectivity index (χ2v) is 5.85. The van der Waals surface area contributed by atoms with Crippen LogP contribution < -0.4 is 16.0 Å². The number of H-pyrrole nitrogens is 1. The van der Waals surface area contributed by atoms with Gasteiger partial charge in [-0.1, -0.05) is 12.1 Å². The predicted molar refractivity (Wildman–Crippen MR) is 96.9 cm³/mol. The fourth-order valence-corrected chi connectivity index (χ4v) is 3.14. The van der Waals surface area contributed by atoms with E-state index < -0.39 is 10.8 Å². The highest BCUT2D eigenvalue weighted by molar-refractivity contribution is 6.06. The molecule has 0 aliphatic carbocycles. The normalized spacial score (nSPS) is 11.1. The Morgan fingerprint density at radius 3 is 2.42 bits per heavy atom. The van der Waals surface area contributed by atoms with Gasteiger partial charge in [-0.2, -0.15) is 4.57 Å². The highest BCUT2D eigenvalue weighted by Gasteiger charge is 2.24. The molecule has 2 heterocycles. The van der Waals surface area contributed by atoms with Crippen LogP contribution in [0.1, 0.15) is 10.4 Å². The average Bonchev–Trinajstić information content (AvgIpc) is 2.99. The Labute approximate surface area is 146 Å². The van der Waals surface area contributed by atoms with Crippen molar-refractivity contribution in [3.63, 3.8) is 0 Å². The van der Waals surface area contributed by atoms with Gasteiger partial charge in [-0.3, -0.25) is 20.6 Å². The van der Waals surface area contributed by atoms with Gasteiger partial charge in [-0.05, 0) is 30.3 Å². The molecule has 0 atom stereocenters. The summed E-state index contributed by atoms with van der Waals surface area (Å²) in [4.78, 5) is 25.5. The first-order valence-electron chi connectivity index (χ1n) is 7.77. The van der Waals surface area contributed by atoms with Crippen LogP contribution in [-0.4, -0.2) is 15.8 Å². The minimum Gasteiger partial charge on any atom is -0.365 e. The predicted octanol–water partition coefficient (Wildman–Crippen LogP) is 2.19. The van der Waals surface area contributed by atoms with E-state index >= 15 is 0 Å². The SMILES string of the molecule is NC(=O)c1cc2[nH]c3ccccc3c2[n+](-c2ccc([N+](=O)[O-])cc2)c1N. The van der Waals surface area contributed by atoms with E-state index in [1.165, 1.54) is 12.1 Å². The number of hydrogen-bond acceptors (Lipinski definition) is 4. The number of nitro groups is 1. The summed E-state index contributed by atoms with van der Waals surface area (Å²) in [7, 11) is 0. The number of nitrogens with two attached hydrogens (primary N) is 2. The smallest absolute Gasteiger partial charge is 0.291 e. The number of benzene rings is 2. The molecule has 5 N–H and O–H groups in total. The molecule has 0 unspecified atom stereocenters. The summed E-state index contributed by atoms with van der Waals surface area (Å²) in [5.41, 5.74) is 14.8. The van der Waals surface area contributed by atoms with Crippen LogP contribution in [0.3, 0.4) is 0 Å². The number of pyridine rings is 1. The summed E-state index contributed by atoms with van der Waals surface area (Å²) in [6.07, 6.45) is 0. The molecule has 2 aromatic carbocycles. The summed E-state index contributed by atoms with van der Waals surface area (Å²) in [6.45, 7) is 0. The number of carbonyl (C=O) groups excluding carboxylic acids is 1. The van der Waals surface area contributed by atoms with Gasteiger partial charge in [0.1, 0.15) is 11.3 Å². The number of hydrogen-bond donors (Lipinski definition) is 3. The number of rotatable bonds is 3. The number of nitrogen functional groups attached to an aromatic ring is 1. The molecule has 4 aromatic rings. The van der Waals surface area contributed by atoms with Gasteiger partial charge >= 0.3 is 0 Å². The number of aromatic amines is 1. The average molecular weight is 348 g/mol. The van der Waals surface area contributed by atoms with Crippen molar-refractivity contribution in [2.45, 2.75) is 0 Å². The third-order valence-corrected chi connectivity index (χ3v) is 4.32. The van der Waals surface area contributed by atoms with Crippen LogP contribution in [0.5, 0.6) is 0 Å². The van der Waals surface area contributed by atoms with Crippen molar-refractivity contribution in [1.82, 2.24) is 4.98 Å². The van der Waals surface area contributed by atoms with Crippen LogP contribution in [0, 0.1) is 10.1 Å². The summed E-state index contributed by atoms with van der Waals surface area (Å²) >= 11 is 0. The number of nitro benzene ring substituents is 1. The Balaban J connectivity index is 2.12. The lowest BCUT2D eigenvalue weighted by atomic mass is 10.1. The van der Waals surface area contributed by atoms with Crippen molar-refractivity contribution in [1.29, 1.82) is 0 Å². The first-order valence-corrected chi connectivity index (χ1v) is 7.77. The van der Waals surface area contributed by atoms with E-state index in [-0.39, 0.29) is 17.1 Å². The lowest BCUT2D eigenvalue weighted by molar-refractivity contribution is -0.550. The Bertz CT molecular complexity index is 1200. The highest BCUT2D eigenvalue weighted by atomic mass is 16.6. The molecule has 4 rings (SSSR count). The number of non-ortho nitro benzene ring substituents is 1. The largest absolute Gasteiger partial charge is 0.365 e. The molecule has 0 bridgehead atoms. The number of nitrogens with one attached hydrogen (secondary N) is 1. The Kier molecular flexibility index (Phi) is 3.33. The molecule has 1 amide bonds. The quantitative estimate of drug-likeness (QED) is 0.297. The fraction of sp³-hybridized carbons (Fsp3) is 0. The Hall–Kier alpha value is -3.94. The van der Waals surface area contributed by atoms with E-state index in [1.54, 1.807) is 22.8 Å². The van der Waals surface area contributed by atoms with Gasteiger partial charge in [0.15, 0.2) is 5.52 Å². The van der Waals surface area contributed by atoms with E-state index in [0.29, 0.717) is 11.2 Å². The van der Waals surface area contributed by atoms with Gasteiger partial charge in [0.05, 0.1) is 16.0 Å². The second kappa shape index (κ2) is 5.55. The van der Waals surface area contributed by atoms with Crippen LogP contribution in [0.4, 0.5) is 11.5 Å². The zero-order valence-corrected chi connectivity index (χ0v) is 13.5. The third kappa shape index (κ3) is 2.24. The molecule has 2 aromatic heterocycles. The van der Waals surface area contributed by atoms with E-state index in [1.807, 2.05) is 24.3 Å². The molecule has 8 nitrogen and oxygen atoms in total.